The highest BCUT2D eigenvalue weighted by Gasteiger charge is 2.43. The van der Waals surface area contributed by atoms with E-state index in [0.29, 0.717) is 0 Å². The van der Waals surface area contributed by atoms with E-state index in [9.17, 15) is 0 Å². The van der Waals surface area contributed by atoms with Gasteiger partial charge in [-0.25, -0.2) is 0 Å². The summed E-state index contributed by atoms with van der Waals surface area (Å²) in [5.74, 6) is 0. The molecule has 0 aliphatic heterocycles. The molecule has 44 heavy (non-hydrogen) atoms. The Hall–Kier alpha value is -5.51. The van der Waals surface area contributed by atoms with Gasteiger partial charge in [0.15, 0.2) is 8.07 Å². The molecule has 0 N–H and O–H groups in total. The third kappa shape index (κ3) is 4.13. The Morgan fingerprint density at radius 3 is 1.68 bits per heavy atom. The fraction of sp³-hybridized carbons (Fsp3) is 0. The minimum Gasteiger partial charge on any atom is -0.309 e. The summed E-state index contributed by atoms with van der Waals surface area (Å²) in [6, 6.07) is 63.9. The van der Waals surface area contributed by atoms with Crippen LogP contribution in [0.5, 0.6) is 0 Å². The zero-order chi connectivity index (χ0) is 29.3. The van der Waals surface area contributed by atoms with Gasteiger partial charge in [0.1, 0.15) is 0 Å². The number of rotatable bonds is 6. The van der Waals surface area contributed by atoms with E-state index in [0.717, 1.165) is 11.3 Å². The molecule has 0 saturated carbocycles. The lowest BCUT2D eigenvalue weighted by Gasteiger charge is -2.35. The van der Waals surface area contributed by atoms with Crippen LogP contribution >= 0.6 is 0 Å². The lowest BCUT2D eigenvalue weighted by atomic mass is 10.1. The van der Waals surface area contributed by atoms with Crippen LogP contribution in [0.15, 0.2) is 182 Å². The number of hydrogen-bond donors (Lipinski definition) is 0. The zero-order valence-corrected chi connectivity index (χ0v) is 25.2. The second-order valence-corrected chi connectivity index (χ2v) is 14.9. The van der Waals surface area contributed by atoms with E-state index in [1.165, 1.54) is 48.2 Å². The third-order valence-electron chi connectivity index (χ3n) is 8.79. The highest BCUT2D eigenvalue weighted by atomic mass is 28.3. The minimum absolute atomic E-state index is 1.04. The number of para-hydroxylation sites is 2. The van der Waals surface area contributed by atoms with Crippen LogP contribution in [0.1, 0.15) is 0 Å². The van der Waals surface area contributed by atoms with Crippen LogP contribution in [0.2, 0.25) is 0 Å². The van der Waals surface area contributed by atoms with Crippen molar-refractivity contribution in [2.45, 2.75) is 0 Å². The molecule has 0 unspecified atom stereocenters. The Balaban J connectivity index is 1.52. The first-order valence-corrected chi connectivity index (χ1v) is 17.1. The number of fused-ring (bicyclic) bond motifs is 3. The van der Waals surface area contributed by atoms with E-state index < -0.39 is 8.07 Å². The Labute approximate surface area is 258 Å². The van der Waals surface area contributed by atoms with Crippen molar-refractivity contribution >= 4 is 50.6 Å². The third-order valence-corrected chi connectivity index (χ3v) is 13.6. The summed E-state index contributed by atoms with van der Waals surface area (Å²) in [5.41, 5.74) is 5.76. The highest BCUT2D eigenvalue weighted by molar-refractivity contribution is 7.20. The molecule has 2 nitrogen and oxygen atoms in total. The smallest absolute Gasteiger partial charge is 0.181 e. The molecule has 0 amide bonds. The monoisotopic (exact) mass is 578 g/mol. The lowest BCUT2D eigenvalue weighted by molar-refractivity contribution is 1.18. The molecule has 8 rings (SSSR count). The summed E-state index contributed by atoms with van der Waals surface area (Å²) >= 11 is 0. The van der Waals surface area contributed by atoms with Crippen molar-refractivity contribution in [2.24, 2.45) is 0 Å². The van der Waals surface area contributed by atoms with Crippen LogP contribution in [-0.4, -0.2) is 17.6 Å². The summed E-state index contributed by atoms with van der Waals surface area (Å²) in [7, 11) is -2.87. The first kappa shape index (κ1) is 26.1. The number of aromatic nitrogens is 2. The Morgan fingerprint density at radius 2 is 1.00 bits per heavy atom. The second-order valence-electron chi connectivity index (χ2n) is 11.2. The van der Waals surface area contributed by atoms with Crippen molar-refractivity contribution in [1.29, 1.82) is 0 Å². The van der Waals surface area contributed by atoms with Crippen LogP contribution in [-0.2, 0) is 0 Å². The van der Waals surface area contributed by atoms with Gasteiger partial charge >= 0.3 is 0 Å². The van der Waals surface area contributed by atoms with Gasteiger partial charge in [-0.1, -0.05) is 146 Å². The van der Waals surface area contributed by atoms with Crippen LogP contribution in [0.25, 0.3) is 38.8 Å². The van der Waals surface area contributed by atoms with Gasteiger partial charge in [0, 0.05) is 28.2 Å². The fourth-order valence-electron chi connectivity index (χ4n) is 6.94. The molecule has 6 aromatic carbocycles. The summed E-state index contributed by atoms with van der Waals surface area (Å²) in [6.07, 6.45) is 1.93. The minimum atomic E-state index is -2.87. The molecule has 0 fully saturated rings. The number of pyridine rings is 1. The van der Waals surface area contributed by atoms with Crippen molar-refractivity contribution in [3.05, 3.63) is 182 Å². The normalized spacial score (nSPS) is 11.6. The Morgan fingerprint density at radius 1 is 0.432 bits per heavy atom. The van der Waals surface area contributed by atoms with Crippen molar-refractivity contribution < 1.29 is 0 Å². The molecule has 3 heteroatoms. The summed E-state index contributed by atoms with van der Waals surface area (Å²) in [6.45, 7) is 0. The van der Waals surface area contributed by atoms with E-state index in [1.54, 1.807) is 0 Å². The number of nitrogens with zero attached hydrogens (tertiary/aromatic N) is 2. The first-order valence-electron chi connectivity index (χ1n) is 15.1. The average Bonchev–Trinajstić information content (AvgIpc) is 3.44. The number of benzene rings is 6. The predicted octanol–water partition coefficient (Wildman–Crippen LogP) is 7.22. The van der Waals surface area contributed by atoms with Crippen LogP contribution in [0.4, 0.5) is 0 Å². The van der Waals surface area contributed by atoms with Gasteiger partial charge in [0.2, 0.25) is 0 Å². The summed E-state index contributed by atoms with van der Waals surface area (Å²) in [5, 5.41) is 7.81. The van der Waals surface area contributed by atoms with Crippen molar-refractivity contribution in [2.75, 3.05) is 0 Å². The molecule has 0 radical (unpaired) electrons. The zero-order valence-electron chi connectivity index (χ0n) is 24.2. The molecule has 0 aliphatic rings. The standard InChI is InChI=1S/C41H30N2Si/c1-5-16-31(17-6-1)41-40(26-15-29-42-41)44(33-20-9-3-10-21-33,34-22-11-4-12-23-34)35-27-28-39-37(30-35)36-24-13-14-25-38(36)43(39)32-18-7-2-8-19-32/h1-30H. The van der Waals surface area contributed by atoms with E-state index in [2.05, 4.69) is 180 Å². The fourth-order valence-corrected chi connectivity index (χ4v) is 11.9. The quantitative estimate of drug-likeness (QED) is 0.150. The molecular weight excluding hydrogens is 549 g/mol. The Kier molecular flexibility index (Phi) is 6.51. The van der Waals surface area contributed by atoms with Gasteiger partial charge in [-0.15, -0.1) is 0 Å². The van der Waals surface area contributed by atoms with Gasteiger partial charge in [-0.2, -0.15) is 0 Å². The molecular formula is C41H30N2Si. The van der Waals surface area contributed by atoms with Gasteiger partial charge < -0.3 is 4.57 Å². The molecule has 0 saturated heterocycles. The van der Waals surface area contributed by atoms with Crippen LogP contribution in [0.3, 0.4) is 0 Å². The second kappa shape index (κ2) is 11.0. The first-order chi connectivity index (χ1) is 21.9. The maximum atomic E-state index is 5.08. The predicted molar refractivity (Wildman–Crippen MR) is 188 cm³/mol. The number of hydrogen-bond acceptors (Lipinski definition) is 1. The van der Waals surface area contributed by atoms with Crippen molar-refractivity contribution in [3.8, 4) is 16.9 Å². The SMILES string of the molecule is c1ccc(-c2ncccc2[Si](c2ccccc2)(c2ccccc2)c2ccc3c(c2)c2ccccc2n3-c2ccccc2)cc1. The van der Waals surface area contributed by atoms with Gasteiger partial charge in [-0.05, 0) is 51.1 Å². The lowest BCUT2D eigenvalue weighted by Crippen LogP contribution is -2.75. The van der Waals surface area contributed by atoms with Gasteiger partial charge in [-0.3, -0.25) is 4.98 Å². The highest BCUT2D eigenvalue weighted by Crippen LogP contribution is 2.32. The Bertz CT molecular complexity index is 2170. The summed E-state index contributed by atoms with van der Waals surface area (Å²) in [4.78, 5) is 5.08. The van der Waals surface area contributed by atoms with Crippen LogP contribution in [0, 0.1) is 0 Å². The molecule has 0 spiro atoms. The molecule has 208 valence electrons. The average molecular weight is 579 g/mol. The van der Waals surface area contributed by atoms with Gasteiger partial charge in [0.05, 0.1) is 16.7 Å². The molecule has 2 heterocycles. The van der Waals surface area contributed by atoms with E-state index in [-0.39, 0.29) is 0 Å². The van der Waals surface area contributed by atoms with Gasteiger partial charge in [0.25, 0.3) is 0 Å². The van der Waals surface area contributed by atoms with E-state index >= 15 is 0 Å². The molecule has 0 bridgehead atoms. The topological polar surface area (TPSA) is 17.8 Å². The maximum absolute atomic E-state index is 5.08. The van der Waals surface area contributed by atoms with Crippen molar-refractivity contribution in [3.63, 3.8) is 0 Å². The van der Waals surface area contributed by atoms with Crippen molar-refractivity contribution in [1.82, 2.24) is 9.55 Å². The van der Waals surface area contributed by atoms with E-state index in [4.69, 9.17) is 4.98 Å². The largest absolute Gasteiger partial charge is 0.309 e. The maximum Gasteiger partial charge on any atom is 0.181 e. The summed E-state index contributed by atoms with van der Waals surface area (Å²) < 4.78 is 2.39. The van der Waals surface area contributed by atoms with E-state index in [1.807, 2.05) is 6.20 Å². The molecule has 0 aliphatic carbocycles. The molecule has 0 atom stereocenters. The van der Waals surface area contributed by atoms with Crippen LogP contribution < -0.4 is 20.7 Å². The molecule has 2 aromatic heterocycles. The molecule has 8 aromatic rings.